The van der Waals surface area contributed by atoms with Gasteiger partial charge in [0.25, 0.3) is 5.91 Å². The summed E-state index contributed by atoms with van der Waals surface area (Å²) >= 11 is 0. The number of sulfone groups is 1. The number of carboxylic acid groups (broad SMARTS) is 1. The van der Waals surface area contributed by atoms with Crippen LogP contribution in [0.1, 0.15) is 22.6 Å². The minimum Gasteiger partial charge on any atom is -0.480 e. The first-order valence-corrected chi connectivity index (χ1v) is 7.86. The highest BCUT2D eigenvalue weighted by atomic mass is 32.2. The molecule has 1 aliphatic rings. The smallest absolute Gasteiger partial charge is 0.323 e. The quantitative estimate of drug-likeness (QED) is 0.768. The number of aromatic nitrogens is 2. The number of aliphatic carboxylic acids is 1. The lowest BCUT2D eigenvalue weighted by Crippen LogP contribution is -2.44. The maximum absolute atomic E-state index is 12.3. The van der Waals surface area contributed by atoms with Crippen LogP contribution in [0.25, 0.3) is 0 Å². The average molecular weight is 301 g/mol. The molecule has 0 bridgehead atoms. The number of nitrogens with one attached hydrogen (secondary N) is 1. The van der Waals surface area contributed by atoms with E-state index in [-0.39, 0.29) is 23.6 Å². The molecule has 110 valence electrons. The summed E-state index contributed by atoms with van der Waals surface area (Å²) in [6.45, 7) is 1.18. The molecular formula is C11H15N3O5S. The van der Waals surface area contributed by atoms with E-state index < -0.39 is 34.3 Å². The first kappa shape index (κ1) is 14.5. The predicted molar refractivity (Wildman–Crippen MR) is 69.1 cm³/mol. The van der Waals surface area contributed by atoms with Gasteiger partial charge in [0, 0.05) is 11.7 Å². The summed E-state index contributed by atoms with van der Waals surface area (Å²) in [5, 5.41) is 15.3. The Bertz CT molecular complexity index is 636. The normalized spacial score (nSPS) is 20.8. The predicted octanol–water partition coefficient (Wildman–Crippen LogP) is -0.568. The molecule has 2 rings (SSSR count). The van der Waals surface area contributed by atoms with E-state index in [4.69, 9.17) is 5.11 Å². The van der Waals surface area contributed by atoms with Gasteiger partial charge < -0.3 is 10.0 Å². The monoisotopic (exact) mass is 301 g/mol. The molecule has 20 heavy (non-hydrogen) atoms. The first-order valence-electron chi connectivity index (χ1n) is 6.04. The van der Waals surface area contributed by atoms with Crippen LogP contribution < -0.4 is 0 Å². The molecule has 1 amide bonds. The number of nitrogens with zero attached hydrogens (tertiary/aromatic N) is 2. The van der Waals surface area contributed by atoms with Crippen LogP contribution in [0.4, 0.5) is 0 Å². The molecular weight excluding hydrogens is 286 g/mol. The molecule has 1 saturated heterocycles. The molecule has 1 atom stereocenters. The molecule has 0 aromatic carbocycles. The third-order valence-corrected chi connectivity index (χ3v) is 4.89. The standard InChI is InChI=1S/C11H15N3O5S/c1-7-4-9(13-12-7)11(17)14(5-10(15)16)8-2-3-20(18,19)6-8/h4,8H,2-3,5-6H2,1H3,(H,12,13)(H,15,16). The van der Waals surface area contributed by atoms with E-state index in [2.05, 4.69) is 10.2 Å². The van der Waals surface area contributed by atoms with Gasteiger partial charge in [0.15, 0.2) is 9.84 Å². The number of carbonyl (C=O) groups is 2. The Hall–Kier alpha value is -1.90. The Labute approximate surface area is 115 Å². The van der Waals surface area contributed by atoms with Gasteiger partial charge in [-0.1, -0.05) is 0 Å². The number of carboxylic acids is 1. The number of aryl methyl sites for hydroxylation is 1. The van der Waals surface area contributed by atoms with Crippen LogP contribution in [0.2, 0.25) is 0 Å². The number of rotatable bonds is 4. The summed E-state index contributed by atoms with van der Waals surface area (Å²) in [7, 11) is -3.20. The molecule has 1 unspecified atom stereocenters. The SMILES string of the molecule is Cc1cc(C(=O)N(CC(=O)O)C2CCS(=O)(=O)C2)n[nH]1. The van der Waals surface area contributed by atoms with E-state index in [0.29, 0.717) is 5.69 Å². The summed E-state index contributed by atoms with van der Waals surface area (Å²) in [5.41, 5.74) is 0.760. The molecule has 1 aromatic heterocycles. The van der Waals surface area contributed by atoms with Crippen molar-refractivity contribution in [1.82, 2.24) is 15.1 Å². The van der Waals surface area contributed by atoms with Gasteiger partial charge >= 0.3 is 5.97 Å². The summed E-state index contributed by atoms with van der Waals surface area (Å²) in [4.78, 5) is 24.2. The van der Waals surface area contributed by atoms with Crippen molar-refractivity contribution in [3.8, 4) is 0 Å². The van der Waals surface area contributed by atoms with Crippen LogP contribution in [0.5, 0.6) is 0 Å². The van der Waals surface area contributed by atoms with Crippen molar-refractivity contribution in [2.24, 2.45) is 0 Å². The number of amides is 1. The van der Waals surface area contributed by atoms with Crippen LogP contribution in [0.15, 0.2) is 6.07 Å². The van der Waals surface area contributed by atoms with Crippen LogP contribution >= 0.6 is 0 Å². The van der Waals surface area contributed by atoms with Crippen molar-refractivity contribution < 1.29 is 23.1 Å². The van der Waals surface area contributed by atoms with E-state index in [1.54, 1.807) is 6.92 Å². The molecule has 1 aliphatic heterocycles. The second kappa shape index (κ2) is 5.23. The summed E-state index contributed by atoms with van der Waals surface area (Å²) in [5.74, 6) is -1.98. The topological polar surface area (TPSA) is 120 Å². The van der Waals surface area contributed by atoms with E-state index >= 15 is 0 Å². The largest absolute Gasteiger partial charge is 0.480 e. The van der Waals surface area contributed by atoms with Gasteiger partial charge in [-0.3, -0.25) is 14.7 Å². The van der Waals surface area contributed by atoms with Gasteiger partial charge in [-0.25, -0.2) is 8.42 Å². The highest BCUT2D eigenvalue weighted by molar-refractivity contribution is 7.91. The average Bonchev–Trinajstić information content (AvgIpc) is 2.91. The van der Waals surface area contributed by atoms with Crippen LogP contribution in [0.3, 0.4) is 0 Å². The van der Waals surface area contributed by atoms with Gasteiger partial charge in [-0.2, -0.15) is 5.10 Å². The zero-order valence-corrected chi connectivity index (χ0v) is 11.7. The maximum Gasteiger partial charge on any atom is 0.323 e. The molecule has 8 nitrogen and oxygen atoms in total. The highest BCUT2D eigenvalue weighted by Crippen LogP contribution is 2.19. The highest BCUT2D eigenvalue weighted by Gasteiger charge is 2.36. The minimum absolute atomic E-state index is 0.0271. The van der Waals surface area contributed by atoms with E-state index in [9.17, 15) is 18.0 Å². The van der Waals surface area contributed by atoms with Gasteiger partial charge in [-0.15, -0.1) is 0 Å². The Morgan fingerprint density at radius 2 is 2.25 bits per heavy atom. The first-order chi connectivity index (χ1) is 9.28. The van der Waals surface area contributed by atoms with E-state index in [0.717, 1.165) is 4.90 Å². The second-order valence-electron chi connectivity index (χ2n) is 4.82. The fourth-order valence-corrected chi connectivity index (χ4v) is 3.94. The van der Waals surface area contributed by atoms with Crippen LogP contribution in [-0.2, 0) is 14.6 Å². The maximum atomic E-state index is 12.3. The van der Waals surface area contributed by atoms with Crippen LogP contribution in [0, 0.1) is 6.92 Å². The zero-order chi connectivity index (χ0) is 14.9. The Morgan fingerprint density at radius 1 is 1.55 bits per heavy atom. The molecule has 1 aromatic rings. The van der Waals surface area contributed by atoms with E-state index in [1.807, 2.05) is 0 Å². The summed E-state index contributed by atoms with van der Waals surface area (Å²) in [6.07, 6.45) is 0.255. The van der Waals surface area contributed by atoms with Gasteiger partial charge in [0.05, 0.1) is 11.5 Å². The fraction of sp³-hybridized carbons (Fsp3) is 0.545. The van der Waals surface area contributed by atoms with Crippen molar-refractivity contribution >= 4 is 21.7 Å². The Morgan fingerprint density at radius 3 is 2.70 bits per heavy atom. The van der Waals surface area contributed by atoms with Crippen molar-refractivity contribution in [2.45, 2.75) is 19.4 Å². The van der Waals surface area contributed by atoms with Crippen molar-refractivity contribution in [1.29, 1.82) is 0 Å². The molecule has 1 fully saturated rings. The number of H-pyrrole nitrogens is 1. The van der Waals surface area contributed by atoms with Gasteiger partial charge in [-0.05, 0) is 19.4 Å². The molecule has 0 spiro atoms. The molecule has 0 radical (unpaired) electrons. The third-order valence-electron chi connectivity index (χ3n) is 3.14. The summed E-state index contributed by atoms with van der Waals surface area (Å²) in [6, 6.07) is 0.890. The minimum atomic E-state index is -3.20. The van der Waals surface area contributed by atoms with Crippen molar-refractivity contribution in [3.05, 3.63) is 17.5 Å². The molecule has 2 heterocycles. The fourth-order valence-electron chi connectivity index (χ4n) is 2.21. The second-order valence-corrected chi connectivity index (χ2v) is 7.05. The zero-order valence-electron chi connectivity index (χ0n) is 10.9. The number of aromatic amines is 1. The Kier molecular flexibility index (Phi) is 3.80. The lowest BCUT2D eigenvalue weighted by Gasteiger charge is -2.25. The molecule has 0 aliphatic carbocycles. The van der Waals surface area contributed by atoms with Crippen LogP contribution in [-0.4, -0.2) is 64.6 Å². The third kappa shape index (κ3) is 3.16. The molecule has 0 saturated carbocycles. The van der Waals surface area contributed by atoms with Crippen molar-refractivity contribution in [3.63, 3.8) is 0 Å². The number of carbonyl (C=O) groups excluding carboxylic acids is 1. The van der Waals surface area contributed by atoms with Gasteiger partial charge in [0.2, 0.25) is 0 Å². The van der Waals surface area contributed by atoms with Crippen molar-refractivity contribution in [2.75, 3.05) is 18.1 Å². The lowest BCUT2D eigenvalue weighted by atomic mass is 10.2. The number of hydrogen-bond donors (Lipinski definition) is 2. The molecule has 9 heteroatoms. The van der Waals surface area contributed by atoms with E-state index in [1.165, 1.54) is 6.07 Å². The molecule has 2 N–H and O–H groups in total. The number of hydrogen-bond acceptors (Lipinski definition) is 5. The van der Waals surface area contributed by atoms with Gasteiger partial charge in [0.1, 0.15) is 12.2 Å². The summed E-state index contributed by atoms with van der Waals surface area (Å²) < 4.78 is 23.0. The Balaban J connectivity index is 2.24. The lowest BCUT2D eigenvalue weighted by molar-refractivity contribution is -0.138.